The van der Waals surface area contributed by atoms with Gasteiger partial charge in [-0.05, 0) is 28.1 Å². The van der Waals surface area contributed by atoms with Crippen LogP contribution in [0.4, 0.5) is 13.2 Å². The quantitative estimate of drug-likeness (QED) is 0.669. The Hall–Kier alpha value is -1.04. The molecule has 2 heterocycles. The number of imidazole rings is 1. The lowest BCUT2D eigenvalue weighted by molar-refractivity contribution is -0.141. The number of halogens is 4. The fourth-order valence-electron chi connectivity index (χ4n) is 1.20. The zero-order chi connectivity index (χ0) is 10.3. The molecule has 0 aliphatic carbocycles. The minimum absolute atomic E-state index is 0.270. The van der Waals surface area contributed by atoms with Gasteiger partial charge in [0, 0.05) is 0 Å². The minimum atomic E-state index is -4.39. The molecule has 0 saturated carbocycles. The number of aromatic nitrogens is 2. The lowest BCUT2D eigenvalue weighted by atomic mass is 10.4. The van der Waals surface area contributed by atoms with Crippen LogP contribution in [0, 0.1) is 0 Å². The first-order chi connectivity index (χ1) is 6.50. The predicted octanol–water partition coefficient (Wildman–Crippen LogP) is 3.12. The van der Waals surface area contributed by atoms with Gasteiger partial charge in [0.05, 0.1) is 10.8 Å². The molecule has 0 aliphatic heterocycles. The number of alkyl halides is 3. The molecule has 2 rings (SSSR count). The number of rotatable bonds is 0. The molecule has 2 aromatic heterocycles. The summed E-state index contributed by atoms with van der Waals surface area (Å²) in [5.41, 5.74) is -0.508. The van der Waals surface area contributed by atoms with Crippen molar-refractivity contribution in [1.82, 2.24) is 9.38 Å². The van der Waals surface area contributed by atoms with Crippen LogP contribution < -0.4 is 0 Å². The lowest BCUT2D eigenvalue weighted by Crippen LogP contribution is -2.09. The summed E-state index contributed by atoms with van der Waals surface area (Å²) in [6, 6.07) is 4.68. The Morgan fingerprint density at radius 2 is 2.00 bits per heavy atom. The van der Waals surface area contributed by atoms with Crippen molar-refractivity contribution in [2.45, 2.75) is 6.18 Å². The second-order valence-electron chi connectivity index (χ2n) is 2.68. The van der Waals surface area contributed by atoms with E-state index < -0.39 is 11.9 Å². The maximum Gasteiger partial charge on any atom is 0.433 e. The summed E-state index contributed by atoms with van der Waals surface area (Å²) in [4.78, 5) is 3.66. The molecular weight excluding hydrogens is 261 g/mol. The van der Waals surface area contributed by atoms with Gasteiger partial charge in [-0.15, -0.1) is 0 Å². The van der Waals surface area contributed by atoms with E-state index in [2.05, 4.69) is 20.9 Å². The number of hydrogen-bond acceptors (Lipinski definition) is 1. The third-order valence-corrected chi connectivity index (χ3v) is 2.39. The van der Waals surface area contributed by atoms with Crippen LogP contribution in [0.25, 0.3) is 5.65 Å². The van der Waals surface area contributed by atoms with Crippen molar-refractivity contribution in [2.75, 3.05) is 0 Å². The molecule has 0 spiro atoms. The van der Waals surface area contributed by atoms with Gasteiger partial charge >= 0.3 is 6.18 Å². The average Bonchev–Trinajstić information content (AvgIpc) is 2.47. The SMILES string of the molecule is FC(F)(F)c1cnc2cccc(Br)n12. The van der Waals surface area contributed by atoms with Gasteiger partial charge in [0.2, 0.25) is 0 Å². The Morgan fingerprint density at radius 3 is 2.64 bits per heavy atom. The van der Waals surface area contributed by atoms with E-state index in [0.29, 0.717) is 4.60 Å². The second kappa shape index (κ2) is 2.98. The Kier molecular flexibility index (Phi) is 2.02. The third-order valence-electron chi connectivity index (χ3n) is 1.77. The van der Waals surface area contributed by atoms with Gasteiger partial charge in [0.25, 0.3) is 0 Å². The molecule has 0 amide bonds. The van der Waals surface area contributed by atoms with Gasteiger partial charge in [-0.1, -0.05) is 6.07 Å². The van der Waals surface area contributed by atoms with Crippen molar-refractivity contribution in [3.8, 4) is 0 Å². The number of fused-ring (bicyclic) bond motifs is 1. The highest BCUT2D eigenvalue weighted by Crippen LogP contribution is 2.31. The molecule has 0 fully saturated rings. The number of nitrogens with zero attached hydrogens (tertiary/aromatic N) is 2. The summed E-state index contributed by atoms with van der Waals surface area (Å²) < 4.78 is 38.7. The third kappa shape index (κ3) is 1.39. The second-order valence-corrected chi connectivity index (χ2v) is 3.50. The molecule has 0 radical (unpaired) electrons. The largest absolute Gasteiger partial charge is 0.433 e. The van der Waals surface area contributed by atoms with Crippen LogP contribution in [0.2, 0.25) is 0 Å². The highest BCUT2D eigenvalue weighted by Gasteiger charge is 2.34. The van der Waals surface area contributed by atoms with Crippen molar-refractivity contribution in [3.63, 3.8) is 0 Å². The van der Waals surface area contributed by atoms with E-state index in [9.17, 15) is 13.2 Å². The molecule has 2 nitrogen and oxygen atoms in total. The molecule has 74 valence electrons. The van der Waals surface area contributed by atoms with Crippen molar-refractivity contribution in [2.24, 2.45) is 0 Å². The predicted molar refractivity (Wildman–Crippen MR) is 47.9 cm³/mol. The molecule has 14 heavy (non-hydrogen) atoms. The van der Waals surface area contributed by atoms with Crippen molar-refractivity contribution >= 4 is 21.6 Å². The fraction of sp³-hybridized carbons (Fsp3) is 0.125. The summed E-state index contributed by atoms with van der Waals surface area (Å²) in [6.45, 7) is 0. The minimum Gasteiger partial charge on any atom is -0.282 e. The standard InChI is InChI=1S/C8H4BrF3N2/c9-6-2-1-3-7-13-4-5(14(6)7)8(10,11)12/h1-4H. The lowest BCUT2D eigenvalue weighted by Gasteiger charge is -2.06. The summed E-state index contributed by atoms with van der Waals surface area (Å²) in [6.07, 6.45) is -3.57. The normalized spacial score (nSPS) is 12.3. The van der Waals surface area contributed by atoms with Crippen molar-refractivity contribution < 1.29 is 13.2 Å². The first-order valence-electron chi connectivity index (χ1n) is 3.69. The van der Waals surface area contributed by atoms with E-state index >= 15 is 0 Å². The number of hydrogen-bond donors (Lipinski definition) is 0. The average molecular weight is 265 g/mol. The van der Waals surface area contributed by atoms with Crippen LogP contribution in [0.1, 0.15) is 5.69 Å². The molecule has 0 atom stereocenters. The molecule has 0 unspecified atom stereocenters. The summed E-state index contributed by atoms with van der Waals surface area (Å²) in [5, 5.41) is 0. The molecule has 6 heteroatoms. The molecule has 0 N–H and O–H groups in total. The maximum atomic E-state index is 12.4. The molecule has 0 saturated heterocycles. The highest BCUT2D eigenvalue weighted by molar-refractivity contribution is 9.10. The van der Waals surface area contributed by atoms with Gasteiger partial charge < -0.3 is 0 Å². The van der Waals surface area contributed by atoms with E-state index in [0.717, 1.165) is 10.6 Å². The van der Waals surface area contributed by atoms with Crippen LogP contribution in [0.15, 0.2) is 29.0 Å². The Morgan fingerprint density at radius 1 is 1.29 bits per heavy atom. The van der Waals surface area contributed by atoms with Gasteiger partial charge in [-0.25, -0.2) is 4.98 Å². The van der Waals surface area contributed by atoms with E-state index in [1.54, 1.807) is 6.07 Å². The first kappa shape index (κ1) is 9.51. The van der Waals surface area contributed by atoms with Crippen LogP contribution in [0.3, 0.4) is 0 Å². The summed E-state index contributed by atoms with van der Waals surface area (Å²) in [5.74, 6) is 0. The van der Waals surface area contributed by atoms with E-state index in [-0.39, 0.29) is 5.65 Å². The highest BCUT2D eigenvalue weighted by atomic mass is 79.9. The number of pyridine rings is 1. The monoisotopic (exact) mass is 264 g/mol. The van der Waals surface area contributed by atoms with Crippen LogP contribution >= 0.6 is 15.9 Å². The Labute approximate surface area is 85.5 Å². The Bertz CT molecular complexity index is 475. The van der Waals surface area contributed by atoms with Crippen LogP contribution in [-0.4, -0.2) is 9.38 Å². The molecule has 0 aliphatic rings. The van der Waals surface area contributed by atoms with Crippen LogP contribution in [-0.2, 0) is 6.18 Å². The van der Waals surface area contributed by atoms with Crippen molar-refractivity contribution in [3.05, 3.63) is 34.7 Å². The topological polar surface area (TPSA) is 17.3 Å². The van der Waals surface area contributed by atoms with Gasteiger partial charge in [0.15, 0.2) is 0 Å². The van der Waals surface area contributed by atoms with E-state index in [1.807, 2.05) is 0 Å². The van der Waals surface area contributed by atoms with Gasteiger partial charge in [-0.3, -0.25) is 4.40 Å². The molecular formula is C8H4BrF3N2. The van der Waals surface area contributed by atoms with Crippen LogP contribution in [0.5, 0.6) is 0 Å². The van der Waals surface area contributed by atoms with E-state index in [1.165, 1.54) is 12.1 Å². The summed E-state index contributed by atoms with van der Waals surface area (Å²) >= 11 is 3.04. The van der Waals surface area contributed by atoms with Gasteiger partial charge in [-0.2, -0.15) is 13.2 Å². The fourth-order valence-corrected chi connectivity index (χ4v) is 1.72. The summed E-state index contributed by atoms with van der Waals surface area (Å²) in [7, 11) is 0. The molecule has 2 aromatic rings. The zero-order valence-corrected chi connectivity index (χ0v) is 8.30. The maximum absolute atomic E-state index is 12.4. The van der Waals surface area contributed by atoms with Crippen molar-refractivity contribution in [1.29, 1.82) is 0 Å². The van der Waals surface area contributed by atoms with Gasteiger partial charge in [0.1, 0.15) is 11.3 Å². The smallest absolute Gasteiger partial charge is 0.282 e. The zero-order valence-electron chi connectivity index (χ0n) is 6.72. The molecule has 0 bridgehead atoms. The van der Waals surface area contributed by atoms with E-state index in [4.69, 9.17) is 0 Å². The molecule has 0 aromatic carbocycles. The first-order valence-corrected chi connectivity index (χ1v) is 4.48. The Balaban J connectivity index is 2.80.